The molecule has 0 aromatic carbocycles. The van der Waals surface area contributed by atoms with Crippen molar-refractivity contribution in [1.82, 2.24) is 10.2 Å². The van der Waals surface area contributed by atoms with Gasteiger partial charge in [0.15, 0.2) is 6.10 Å². The summed E-state index contributed by atoms with van der Waals surface area (Å²) in [6.45, 7) is 5.71. The standard InChI is InChI=1S/C21H35N3O3/c1-19(2)20(8-5-9-20)21(19)11-15(24(3)12-21)18(27)23-14(16(25)17(22)26)10-13-6-4-7-13/h13-16,25H,4-12H2,1-3H3,(H2,22,26)(H,23,27)/t14?,15-,16?,21+/m0/s1. The molecule has 2 amide bonds. The Morgan fingerprint density at radius 3 is 2.33 bits per heavy atom. The van der Waals surface area contributed by atoms with Crippen LogP contribution in [-0.4, -0.2) is 53.6 Å². The van der Waals surface area contributed by atoms with E-state index in [4.69, 9.17) is 5.73 Å². The van der Waals surface area contributed by atoms with Crippen LogP contribution in [0, 0.1) is 22.2 Å². The van der Waals surface area contributed by atoms with Crippen LogP contribution in [0.5, 0.6) is 0 Å². The third-order valence-electron chi connectivity index (χ3n) is 9.16. The first kappa shape index (κ1) is 19.2. The van der Waals surface area contributed by atoms with E-state index in [1.165, 1.54) is 25.7 Å². The van der Waals surface area contributed by atoms with E-state index in [-0.39, 0.29) is 17.4 Å². The van der Waals surface area contributed by atoms with Gasteiger partial charge in [-0.25, -0.2) is 0 Å². The van der Waals surface area contributed by atoms with Crippen LogP contribution in [0.3, 0.4) is 0 Å². The number of nitrogens with two attached hydrogens (primary N) is 1. The highest BCUT2D eigenvalue weighted by Gasteiger charge is 2.84. The Morgan fingerprint density at radius 1 is 1.22 bits per heavy atom. The highest BCUT2D eigenvalue weighted by Crippen LogP contribution is 2.88. The fourth-order valence-electron chi connectivity index (χ4n) is 6.90. The molecule has 4 fully saturated rings. The molecule has 27 heavy (non-hydrogen) atoms. The van der Waals surface area contributed by atoms with Crippen molar-refractivity contribution in [3.8, 4) is 0 Å². The Bertz CT molecular complexity index is 641. The molecule has 2 spiro atoms. The number of nitrogens with one attached hydrogen (secondary N) is 1. The van der Waals surface area contributed by atoms with Crippen LogP contribution in [-0.2, 0) is 9.59 Å². The average molecular weight is 378 g/mol. The second-order valence-corrected chi connectivity index (χ2v) is 10.3. The van der Waals surface area contributed by atoms with E-state index in [2.05, 4.69) is 24.1 Å². The molecule has 4 N–H and O–H groups in total. The first-order chi connectivity index (χ1) is 12.7. The number of amides is 2. The number of likely N-dealkylation sites (N-methyl/N-ethyl adjacent to an activating group) is 1. The van der Waals surface area contributed by atoms with E-state index in [1.54, 1.807) is 0 Å². The lowest BCUT2D eigenvalue weighted by Gasteiger charge is -2.32. The maximum atomic E-state index is 13.1. The number of likely N-dealkylation sites (tertiary alicyclic amines) is 1. The summed E-state index contributed by atoms with van der Waals surface area (Å²) in [6, 6.07) is -0.761. The van der Waals surface area contributed by atoms with Crippen LogP contribution in [0.2, 0.25) is 0 Å². The summed E-state index contributed by atoms with van der Waals surface area (Å²) in [5.41, 5.74) is 6.27. The number of carbonyl (C=O) groups is 2. The molecular formula is C21H35N3O3. The van der Waals surface area contributed by atoms with E-state index >= 15 is 0 Å². The molecule has 4 rings (SSSR count). The van der Waals surface area contributed by atoms with Crippen LogP contribution >= 0.6 is 0 Å². The number of hydrogen-bond acceptors (Lipinski definition) is 4. The zero-order valence-corrected chi connectivity index (χ0v) is 17.0. The summed E-state index contributed by atoms with van der Waals surface area (Å²) >= 11 is 0. The Labute approximate surface area is 162 Å². The summed E-state index contributed by atoms with van der Waals surface area (Å²) in [7, 11) is 2.03. The molecule has 4 aliphatic rings. The molecule has 3 saturated carbocycles. The van der Waals surface area contributed by atoms with E-state index in [1.807, 2.05) is 7.05 Å². The molecule has 0 radical (unpaired) electrons. The fraction of sp³-hybridized carbons (Fsp3) is 0.905. The van der Waals surface area contributed by atoms with Crippen molar-refractivity contribution in [1.29, 1.82) is 0 Å². The molecule has 2 unspecified atom stereocenters. The van der Waals surface area contributed by atoms with Crippen LogP contribution in [0.25, 0.3) is 0 Å². The Kier molecular flexibility index (Phi) is 4.39. The van der Waals surface area contributed by atoms with E-state index in [0.29, 0.717) is 23.2 Å². The number of fused-ring (bicyclic) bond motifs is 1. The second kappa shape index (κ2) is 6.18. The van der Waals surface area contributed by atoms with Gasteiger partial charge in [0.1, 0.15) is 0 Å². The van der Waals surface area contributed by atoms with E-state index in [9.17, 15) is 14.7 Å². The lowest BCUT2D eigenvalue weighted by molar-refractivity contribution is -0.131. The first-order valence-corrected chi connectivity index (χ1v) is 10.6. The van der Waals surface area contributed by atoms with Gasteiger partial charge in [0.2, 0.25) is 11.8 Å². The van der Waals surface area contributed by atoms with Crippen molar-refractivity contribution >= 4 is 11.8 Å². The number of primary amides is 1. The predicted octanol–water partition coefficient (Wildman–Crippen LogP) is 1.41. The quantitative estimate of drug-likeness (QED) is 0.652. The van der Waals surface area contributed by atoms with Crippen molar-refractivity contribution in [2.75, 3.05) is 13.6 Å². The van der Waals surface area contributed by atoms with Crippen LogP contribution in [0.15, 0.2) is 0 Å². The van der Waals surface area contributed by atoms with Crippen LogP contribution in [0.1, 0.15) is 65.2 Å². The largest absolute Gasteiger partial charge is 0.381 e. The smallest absolute Gasteiger partial charge is 0.248 e. The van der Waals surface area contributed by atoms with Crippen molar-refractivity contribution in [2.45, 2.75) is 83.4 Å². The zero-order valence-electron chi connectivity index (χ0n) is 17.0. The molecule has 0 aromatic heterocycles. The maximum Gasteiger partial charge on any atom is 0.248 e. The minimum atomic E-state index is -1.31. The third-order valence-corrected chi connectivity index (χ3v) is 9.16. The van der Waals surface area contributed by atoms with Gasteiger partial charge in [-0.05, 0) is 54.9 Å². The lowest BCUT2D eigenvalue weighted by Crippen LogP contribution is -2.54. The van der Waals surface area contributed by atoms with Gasteiger partial charge in [0.05, 0.1) is 12.1 Å². The van der Waals surface area contributed by atoms with Crippen molar-refractivity contribution in [3.63, 3.8) is 0 Å². The van der Waals surface area contributed by atoms with Crippen molar-refractivity contribution < 1.29 is 14.7 Å². The second-order valence-electron chi connectivity index (χ2n) is 10.3. The van der Waals surface area contributed by atoms with Gasteiger partial charge in [-0.3, -0.25) is 14.5 Å². The Hall–Kier alpha value is -1.14. The lowest BCUT2D eigenvalue weighted by atomic mass is 9.73. The SMILES string of the molecule is CN1C[C@]2(C[C@H]1C(=O)NC(CC1CCC1)C(O)C(N)=O)C(C)(C)C21CCC1. The number of hydrogen-bond donors (Lipinski definition) is 3. The molecule has 0 bridgehead atoms. The van der Waals surface area contributed by atoms with Gasteiger partial charge < -0.3 is 16.2 Å². The molecule has 6 heteroatoms. The highest BCUT2D eigenvalue weighted by atomic mass is 16.3. The van der Waals surface area contributed by atoms with Gasteiger partial charge in [0.25, 0.3) is 0 Å². The van der Waals surface area contributed by atoms with Gasteiger partial charge in [-0.2, -0.15) is 0 Å². The predicted molar refractivity (Wildman–Crippen MR) is 103 cm³/mol. The van der Waals surface area contributed by atoms with Gasteiger partial charge in [-0.15, -0.1) is 0 Å². The minimum Gasteiger partial charge on any atom is -0.381 e. The monoisotopic (exact) mass is 377 g/mol. The van der Waals surface area contributed by atoms with Gasteiger partial charge in [-0.1, -0.05) is 39.5 Å². The van der Waals surface area contributed by atoms with E-state index < -0.39 is 18.1 Å². The fourth-order valence-corrected chi connectivity index (χ4v) is 6.90. The number of carbonyl (C=O) groups excluding carboxylic acids is 2. The summed E-state index contributed by atoms with van der Waals surface area (Å²) in [5.74, 6) is -0.346. The average Bonchev–Trinajstić information content (AvgIpc) is 2.75. The van der Waals surface area contributed by atoms with Crippen molar-refractivity contribution in [2.24, 2.45) is 27.9 Å². The number of rotatable bonds is 6. The summed E-state index contributed by atoms with van der Waals surface area (Å²) in [5, 5.41) is 13.2. The number of aliphatic hydroxyl groups is 1. The zero-order chi connectivity index (χ0) is 19.6. The molecule has 4 atom stereocenters. The summed E-state index contributed by atoms with van der Waals surface area (Å²) in [4.78, 5) is 26.8. The van der Waals surface area contributed by atoms with Crippen molar-refractivity contribution in [3.05, 3.63) is 0 Å². The molecule has 152 valence electrons. The van der Waals surface area contributed by atoms with Crippen LogP contribution < -0.4 is 11.1 Å². The number of aliphatic hydroxyl groups excluding tert-OH is 1. The van der Waals surface area contributed by atoms with Gasteiger partial charge in [0, 0.05) is 6.54 Å². The number of nitrogens with zero attached hydrogens (tertiary/aromatic N) is 1. The molecule has 1 saturated heterocycles. The van der Waals surface area contributed by atoms with Crippen LogP contribution in [0.4, 0.5) is 0 Å². The molecule has 3 aliphatic carbocycles. The molecule has 1 heterocycles. The maximum absolute atomic E-state index is 13.1. The topological polar surface area (TPSA) is 95.7 Å². The normalized spacial score (nSPS) is 36.1. The molecule has 1 aliphatic heterocycles. The molecular weight excluding hydrogens is 342 g/mol. The molecule has 0 aromatic rings. The summed E-state index contributed by atoms with van der Waals surface area (Å²) in [6.07, 6.45) is 7.45. The van der Waals surface area contributed by atoms with Gasteiger partial charge >= 0.3 is 0 Å². The Morgan fingerprint density at radius 2 is 1.89 bits per heavy atom. The first-order valence-electron chi connectivity index (χ1n) is 10.6. The third kappa shape index (κ3) is 2.52. The minimum absolute atomic E-state index is 0.0591. The molecule has 6 nitrogen and oxygen atoms in total. The van der Waals surface area contributed by atoms with E-state index in [0.717, 1.165) is 25.8 Å². The summed E-state index contributed by atoms with van der Waals surface area (Å²) < 4.78 is 0. The highest BCUT2D eigenvalue weighted by molar-refractivity contribution is 5.85. The Balaban J connectivity index is 1.44.